The van der Waals surface area contributed by atoms with Gasteiger partial charge in [-0.15, -0.1) is 32.9 Å². The lowest BCUT2D eigenvalue weighted by Gasteiger charge is -2.09. The quantitative estimate of drug-likeness (QED) is 0.469. The van der Waals surface area contributed by atoms with Crippen molar-refractivity contribution in [2.24, 2.45) is 0 Å². The third-order valence-electron chi connectivity index (χ3n) is 3.75. The number of aromatic nitrogens is 4. The first kappa shape index (κ1) is 18.7. The Morgan fingerprint density at radius 2 is 2.04 bits per heavy atom. The summed E-state index contributed by atoms with van der Waals surface area (Å²) in [5.74, 6) is 0.607. The number of methoxy groups -OCH3 is 1. The van der Waals surface area contributed by atoms with Crippen LogP contribution in [0.5, 0.6) is 5.75 Å². The molecule has 3 aromatic heterocycles. The largest absolute Gasteiger partial charge is 0.497 e. The normalized spacial score (nSPS) is 10.9. The van der Waals surface area contributed by atoms with Gasteiger partial charge in [-0.1, -0.05) is 6.07 Å². The number of carboxylic acid groups (broad SMARTS) is 1. The number of aliphatic carboxylic acids is 1. The smallest absolute Gasteiger partial charge is 0.309 e. The molecule has 0 saturated heterocycles. The summed E-state index contributed by atoms with van der Waals surface area (Å²) in [6.45, 7) is 0. The minimum atomic E-state index is -0.900. The van der Waals surface area contributed by atoms with Crippen molar-refractivity contribution >= 4 is 40.4 Å². The maximum absolute atomic E-state index is 10.9. The number of thiophene rings is 1. The molecule has 1 aromatic carbocycles. The molecule has 0 aliphatic carbocycles. The predicted octanol–water partition coefficient (Wildman–Crippen LogP) is 4.24. The number of rotatable bonds is 7. The van der Waals surface area contributed by atoms with E-state index in [1.54, 1.807) is 23.8 Å². The van der Waals surface area contributed by atoms with Crippen LogP contribution in [0.1, 0.15) is 5.69 Å². The molecule has 0 radical (unpaired) electrons. The van der Waals surface area contributed by atoms with Crippen molar-refractivity contribution in [2.75, 3.05) is 7.11 Å². The fourth-order valence-corrected chi connectivity index (χ4v) is 5.00. The highest BCUT2D eigenvalue weighted by molar-refractivity contribution is 8.00. The maximum atomic E-state index is 10.9. The maximum Gasteiger partial charge on any atom is 0.309 e. The zero-order valence-electron chi connectivity index (χ0n) is 14.6. The minimum absolute atomic E-state index is 0.0946. The number of hydrogen-bond donors (Lipinski definition) is 1. The molecular formula is C18H14N4O3S3. The molecule has 0 atom stereocenters. The average molecular weight is 431 g/mol. The molecule has 4 aromatic rings. The SMILES string of the molecule is COc1ccc(-n2c(Sc3nc(CC(=O)O)cs3)nnc2-c2cccs2)cc1. The van der Waals surface area contributed by atoms with Gasteiger partial charge in [0, 0.05) is 5.38 Å². The topological polar surface area (TPSA) is 90.1 Å². The zero-order valence-corrected chi connectivity index (χ0v) is 17.1. The lowest BCUT2D eigenvalue weighted by molar-refractivity contribution is -0.136. The van der Waals surface area contributed by atoms with Crippen molar-refractivity contribution in [3.8, 4) is 22.1 Å². The van der Waals surface area contributed by atoms with Gasteiger partial charge in [-0.3, -0.25) is 9.36 Å². The number of benzene rings is 1. The van der Waals surface area contributed by atoms with Gasteiger partial charge in [-0.2, -0.15) is 0 Å². The third-order valence-corrected chi connectivity index (χ3v) is 6.55. The van der Waals surface area contributed by atoms with Crippen LogP contribution in [0.25, 0.3) is 16.4 Å². The molecule has 28 heavy (non-hydrogen) atoms. The molecule has 0 aliphatic heterocycles. The summed E-state index contributed by atoms with van der Waals surface area (Å²) >= 11 is 4.34. The molecule has 0 saturated carbocycles. The van der Waals surface area contributed by atoms with Crippen LogP contribution in [0.15, 0.2) is 56.7 Å². The number of carboxylic acids is 1. The van der Waals surface area contributed by atoms with Crippen LogP contribution in [0.2, 0.25) is 0 Å². The average Bonchev–Trinajstić information content (AvgIpc) is 3.43. The summed E-state index contributed by atoms with van der Waals surface area (Å²) in [6, 6.07) is 11.6. The number of carbonyl (C=O) groups is 1. The van der Waals surface area contributed by atoms with E-state index in [2.05, 4.69) is 15.2 Å². The van der Waals surface area contributed by atoms with E-state index in [9.17, 15) is 4.79 Å². The summed E-state index contributed by atoms with van der Waals surface area (Å²) in [6.07, 6.45) is -0.0946. The van der Waals surface area contributed by atoms with Gasteiger partial charge < -0.3 is 9.84 Å². The van der Waals surface area contributed by atoms with E-state index in [-0.39, 0.29) is 6.42 Å². The molecule has 7 nitrogen and oxygen atoms in total. The molecular weight excluding hydrogens is 416 g/mol. The van der Waals surface area contributed by atoms with E-state index in [0.29, 0.717) is 10.9 Å². The Balaban J connectivity index is 1.72. The van der Waals surface area contributed by atoms with Crippen LogP contribution >= 0.6 is 34.4 Å². The fraction of sp³-hybridized carbons (Fsp3) is 0.111. The molecule has 4 rings (SSSR count). The van der Waals surface area contributed by atoms with Gasteiger partial charge in [-0.25, -0.2) is 4.98 Å². The van der Waals surface area contributed by atoms with Gasteiger partial charge in [0.25, 0.3) is 0 Å². The van der Waals surface area contributed by atoms with Crippen LogP contribution in [0.4, 0.5) is 0 Å². The van der Waals surface area contributed by atoms with Gasteiger partial charge in [-0.05, 0) is 47.5 Å². The van der Waals surface area contributed by atoms with Crippen molar-refractivity contribution in [1.29, 1.82) is 0 Å². The molecule has 0 aliphatic rings. The van der Waals surface area contributed by atoms with E-state index in [0.717, 1.165) is 26.5 Å². The van der Waals surface area contributed by atoms with E-state index in [1.165, 1.54) is 23.1 Å². The minimum Gasteiger partial charge on any atom is -0.497 e. The van der Waals surface area contributed by atoms with Crippen LogP contribution in [-0.2, 0) is 11.2 Å². The second-order valence-electron chi connectivity index (χ2n) is 5.59. The first-order valence-electron chi connectivity index (χ1n) is 8.12. The van der Waals surface area contributed by atoms with E-state index in [1.807, 2.05) is 46.3 Å². The summed E-state index contributed by atoms with van der Waals surface area (Å²) < 4.78 is 7.93. The Labute approximate surface area is 172 Å². The lowest BCUT2D eigenvalue weighted by atomic mass is 10.3. The first-order chi connectivity index (χ1) is 13.6. The number of hydrogen-bond acceptors (Lipinski definition) is 8. The molecule has 0 bridgehead atoms. The molecule has 0 spiro atoms. The number of thiazole rings is 1. The Kier molecular flexibility index (Phi) is 5.42. The second kappa shape index (κ2) is 8.13. The zero-order chi connectivity index (χ0) is 19.5. The highest BCUT2D eigenvalue weighted by Crippen LogP contribution is 2.35. The van der Waals surface area contributed by atoms with Crippen molar-refractivity contribution in [3.05, 3.63) is 52.9 Å². The highest BCUT2D eigenvalue weighted by Gasteiger charge is 2.19. The van der Waals surface area contributed by atoms with E-state index >= 15 is 0 Å². The van der Waals surface area contributed by atoms with Crippen LogP contribution < -0.4 is 4.74 Å². The van der Waals surface area contributed by atoms with Crippen molar-refractivity contribution < 1.29 is 14.6 Å². The summed E-state index contributed by atoms with van der Waals surface area (Å²) in [4.78, 5) is 16.3. The lowest BCUT2D eigenvalue weighted by Crippen LogP contribution is -2.00. The van der Waals surface area contributed by atoms with Crippen molar-refractivity contribution in [2.45, 2.75) is 15.9 Å². The van der Waals surface area contributed by atoms with Crippen LogP contribution in [0, 0.1) is 0 Å². The summed E-state index contributed by atoms with van der Waals surface area (Å²) in [7, 11) is 1.63. The Bertz CT molecular complexity index is 1090. The molecule has 142 valence electrons. The predicted molar refractivity (Wildman–Crippen MR) is 109 cm³/mol. The van der Waals surface area contributed by atoms with Gasteiger partial charge in [0.15, 0.2) is 10.2 Å². The van der Waals surface area contributed by atoms with Gasteiger partial charge >= 0.3 is 5.97 Å². The van der Waals surface area contributed by atoms with E-state index < -0.39 is 5.97 Å². The van der Waals surface area contributed by atoms with Crippen LogP contribution in [-0.4, -0.2) is 37.9 Å². The highest BCUT2D eigenvalue weighted by atomic mass is 32.2. The second-order valence-corrected chi connectivity index (χ2v) is 8.61. The summed E-state index contributed by atoms with van der Waals surface area (Å²) in [5, 5.41) is 22.1. The van der Waals surface area contributed by atoms with Gasteiger partial charge in [0.1, 0.15) is 5.75 Å². The standard InChI is InChI=1S/C18H14N4O3S3/c1-25-13-6-4-12(5-7-13)22-16(14-3-2-8-26-14)20-21-17(22)28-18-19-11(10-27-18)9-15(23)24/h2-8,10H,9H2,1H3,(H,23,24). The van der Waals surface area contributed by atoms with Gasteiger partial charge in [0.05, 0.1) is 29.8 Å². The van der Waals surface area contributed by atoms with Gasteiger partial charge in [0.2, 0.25) is 5.16 Å². The first-order valence-corrected chi connectivity index (χ1v) is 10.7. The molecule has 1 N–H and O–H groups in total. The molecule has 10 heteroatoms. The molecule has 0 fully saturated rings. The monoisotopic (exact) mass is 430 g/mol. The summed E-state index contributed by atoms with van der Waals surface area (Å²) in [5.41, 5.74) is 1.44. The van der Waals surface area contributed by atoms with Crippen molar-refractivity contribution in [1.82, 2.24) is 19.7 Å². The van der Waals surface area contributed by atoms with Crippen LogP contribution in [0.3, 0.4) is 0 Å². The number of nitrogens with zero attached hydrogens (tertiary/aromatic N) is 4. The Morgan fingerprint density at radius 1 is 1.21 bits per heavy atom. The molecule has 3 heterocycles. The number of ether oxygens (including phenoxy) is 1. The molecule has 0 amide bonds. The van der Waals surface area contributed by atoms with E-state index in [4.69, 9.17) is 9.84 Å². The van der Waals surface area contributed by atoms with Crippen molar-refractivity contribution in [3.63, 3.8) is 0 Å². The Hall–Kier alpha value is -2.69. The molecule has 0 unspecified atom stereocenters. The Morgan fingerprint density at radius 3 is 2.71 bits per heavy atom. The third kappa shape index (κ3) is 3.93. The fourth-order valence-electron chi connectivity index (χ4n) is 2.52.